The maximum atomic E-state index is 12.1. The van der Waals surface area contributed by atoms with Crippen LogP contribution in [-0.2, 0) is 28.2 Å². The summed E-state index contributed by atoms with van der Waals surface area (Å²) in [5.74, 6) is -0.934. The Kier molecular flexibility index (Phi) is 22.9. The molecule has 0 rings (SSSR count). The van der Waals surface area contributed by atoms with Gasteiger partial charge in [0.15, 0.2) is 6.10 Å². The molecule has 8 nitrogen and oxygen atoms in total. The lowest BCUT2D eigenvalue weighted by Crippen LogP contribution is -2.29. The molecule has 0 saturated heterocycles. The minimum atomic E-state index is -4.73. The third-order valence-corrected chi connectivity index (χ3v) is 5.96. The van der Waals surface area contributed by atoms with E-state index >= 15 is 0 Å². The van der Waals surface area contributed by atoms with E-state index in [1.165, 1.54) is 25.7 Å². The van der Waals surface area contributed by atoms with Crippen LogP contribution in [0.5, 0.6) is 0 Å². The fourth-order valence-electron chi connectivity index (χ4n) is 3.40. The van der Waals surface area contributed by atoms with E-state index in [0.29, 0.717) is 12.8 Å². The smallest absolute Gasteiger partial charge is 0.462 e. The van der Waals surface area contributed by atoms with Crippen molar-refractivity contribution in [2.45, 2.75) is 123 Å². The van der Waals surface area contributed by atoms with E-state index in [4.69, 9.17) is 19.3 Å². The van der Waals surface area contributed by atoms with Crippen LogP contribution >= 0.6 is 7.82 Å². The summed E-state index contributed by atoms with van der Waals surface area (Å²) in [5.41, 5.74) is 0. The number of ether oxygens (including phenoxy) is 2. The molecule has 0 aromatic carbocycles. The molecule has 0 aromatic rings. The fraction of sp³-hybridized carbons (Fsp3) is 0.778. The van der Waals surface area contributed by atoms with E-state index in [2.05, 4.69) is 35.8 Å². The molecule has 0 saturated carbocycles. The van der Waals surface area contributed by atoms with Crippen molar-refractivity contribution >= 4 is 19.8 Å². The number of phosphoric acid groups is 1. The van der Waals surface area contributed by atoms with Gasteiger partial charge in [-0.3, -0.25) is 14.1 Å². The molecule has 0 aliphatic heterocycles. The van der Waals surface area contributed by atoms with Crippen molar-refractivity contribution < 1.29 is 37.9 Å². The largest absolute Gasteiger partial charge is 0.469 e. The Balaban J connectivity index is 4.00. The van der Waals surface area contributed by atoms with Crippen LogP contribution in [0.25, 0.3) is 0 Å². The van der Waals surface area contributed by atoms with E-state index in [1.807, 2.05) is 6.92 Å². The highest BCUT2D eigenvalue weighted by Crippen LogP contribution is 2.35. The summed E-state index contributed by atoms with van der Waals surface area (Å²) in [6.45, 7) is 3.40. The lowest BCUT2D eigenvalue weighted by Gasteiger charge is -2.18. The van der Waals surface area contributed by atoms with Crippen molar-refractivity contribution in [1.29, 1.82) is 0 Å². The second-order valence-electron chi connectivity index (χ2n) is 9.02. The highest BCUT2D eigenvalue weighted by Gasteiger charge is 2.22. The van der Waals surface area contributed by atoms with Crippen LogP contribution in [0.4, 0.5) is 0 Å². The van der Waals surface area contributed by atoms with Crippen molar-refractivity contribution in [2.24, 2.45) is 0 Å². The second kappa shape index (κ2) is 23.9. The quantitative estimate of drug-likeness (QED) is 0.0593. The standard InChI is InChI=1S/C27H49O8P/c1-3-5-7-8-9-10-11-12-13-14-15-16-17-18-20-22-27(29)35-25(24-34-36(30,31)32)23-33-26(28)21-19-6-4-2/h9-10,12-13,25H,3-8,11,14-24H2,1-2H3,(H2,30,31,32)/b10-9-,13-12-. The predicted octanol–water partition coefficient (Wildman–Crippen LogP) is 6.94. The number of rotatable bonds is 24. The number of carbonyl (C=O) groups is 2. The fourth-order valence-corrected chi connectivity index (χ4v) is 3.76. The van der Waals surface area contributed by atoms with Crippen molar-refractivity contribution in [3.05, 3.63) is 24.3 Å². The van der Waals surface area contributed by atoms with Crippen LogP contribution < -0.4 is 0 Å². The average molecular weight is 533 g/mol. The summed E-state index contributed by atoms with van der Waals surface area (Å²) < 4.78 is 25.8. The maximum absolute atomic E-state index is 12.1. The summed E-state index contributed by atoms with van der Waals surface area (Å²) in [6, 6.07) is 0. The summed E-state index contributed by atoms with van der Waals surface area (Å²) in [5, 5.41) is 0. The molecule has 210 valence electrons. The molecule has 0 spiro atoms. The van der Waals surface area contributed by atoms with Crippen LogP contribution in [0.3, 0.4) is 0 Å². The Morgan fingerprint density at radius 3 is 1.89 bits per heavy atom. The van der Waals surface area contributed by atoms with Crippen LogP contribution in [0.2, 0.25) is 0 Å². The molecule has 9 heteroatoms. The molecule has 0 aliphatic rings. The third kappa shape index (κ3) is 25.6. The van der Waals surface area contributed by atoms with Crippen molar-refractivity contribution in [1.82, 2.24) is 0 Å². The van der Waals surface area contributed by atoms with Crippen molar-refractivity contribution in [3.63, 3.8) is 0 Å². The monoisotopic (exact) mass is 532 g/mol. The molecule has 2 N–H and O–H groups in total. The SMILES string of the molecule is CCCCC/C=C\C/C=C\CCCCCCCC(=O)OC(COC(=O)CCCCC)COP(=O)(O)O. The molecule has 1 unspecified atom stereocenters. The molecule has 1 atom stereocenters. The summed E-state index contributed by atoms with van der Waals surface area (Å²) in [6.07, 6.45) is 22.7. The molecule has 0 fully saturated rings. The van der Waals surface area contributed by atoms with Gasteiger partial charge in [0.05, 0.1) is 6.61 Å². The number of allylic oxidation sites excluding steroid dienone is 4. The van der Waals surface area contributed by atoms with Gasteiger partial charge in [-0.25, -0.2) is 4.57 Å². The first kappa shape index (κ1) is 34.5. The van der Waals surface area contributed by atoms with Crippen LogP contribution in [-0.4, -0.2) is 41.0 Å². The second-order valence-corrected chi connectivity index (χ2v) is 10.3. The topological polar surface area (TPSA) is 119 Å². The van der Waals surface area contributed by atoms with E-state index in [1.54, 1.807) is 0 Å². The van der Waals surface area contributed by atoms with Gasteiger partial charge in [0, 0.05) is 12.8 Å². The number of phosphoric ester groups is 1. The number of carbonyl (C=O) groups excluding carboxylic acids is 2. The summed E-state index contributed by atoms with van der Waals surface area (Å²) in [7, 11) is -4.73. The van der Waals surface area contributed by atoms with Gasteiger partial charge in [-0.1, -0.05) is 83.1 Å². The van der Waals surface area contributed by atoms with E-state index in [-0.39, 0.29) is 19.4 Å². The van der Waals surface area contributed by atoms with Crippen LogP contribution in [0.15, 0.2) is 24.3 Å². The number of esters is 2. The average Bonchev–Trinajstić information content (AvgIpc) is 2.83. The molecule has 0 heterocycles. The Morgan fingerprint density at radius 2 is 1.25 bits per heavy atom. The van der Waals surface area contributed by atoms with E-state index < -0.39 is 32.5 Å². The van der Waals surface area contributed by atoms with Gasteiger partial charge in [-0.05, 0) is 44.9 Å². The van der Waals surface area contributed by atoms with Gasteiger partial charge in [0.25, 0.3) is 0 Å². The summed E-state index contributed by atoms with van der Waals surface area (Å²) in [4.78, 5) is 41.7. The first-order valence-electron chi connectivity index (χ1n) is 13.6. The highest BCUT2D eigenvalue weighted by atomic mass is 31.2. The third-order valence-electron chi connectivity index (χ3n) is 5.47. The Morgan fingerprint density at radius 1 is 0.722 bits per heavy atom. The number of hydrogen-bond acceptors (Lipinski definition) is 6. The molecular weight excluding hydrogens is 483 g/mol. The summed E-state index contributed by atoms with van der Waals surface area (Å²) >= 11 is 0. The molecule has 0 aliphatic carbocycles. The van der Waals surface area contributed by atoms with Crippen LogP contribution in [0.1, 0.15) is 117 Å². The van der Waals surface area contributed by atoms with Gasteiger partial charge in [-0.15, -0.1) is 0 Å². The van der Waals surface area contributed by atoms with Crippen molar-refractivity contribution in [2.75, 3.05) is 13.2 Å². The molecule has 0 radical (unpaired) electrons. The Bertz CT molecular complexity index is 656. The predicted molar refractivity (Wildman–Crippen MR) is 142 cm³/mol. The van der Waals surface area contributed by atoms with E-state index in [9.17, 15) is 14.2 Å². The molecule has 0 amide bonds. The van der Waals surface area contributed by atoms with Gasteiger partial charge < -0.3 is 19.3 Å². The minimum absolute atomic E-state index is 0.196. The number of hydrogen-bond donors (Lipinski definition) is 2. The Labute approximate surface area is 218 Å². The normalized spacial score (nSPS) is 12.9. The van der Waals surface area contributed by atoms with Crippen LogP contribution in [0, 0.1) is 0 Å². The number of unbranched alkanes of at least 4 members (excludes halogenated alkanes) is 10. The Hall–Kier alpha value is -1.47. The zero-order valence-corrected chi connectivity index (χ0v) is 23.3. The first-order valence-corrected chi connectivity index (χ1v) is 15.2. The zero-order chi connectivity index (χ0) is 26.9. The minimum Gasteiger partial charge on any atom is -0.462 e. The van der Waals surface area contributed by atoms with Gasteiger partial charge in [0.1, 0.15) is 6.61 Å². The molecule has 0 bridgehead atoms. The van der Waals surface area contributed by atoms with E-state index in [0.717, 1.165) is 51.4 Å². The van der Waals surface area contributed by atoms with Crippen molar-refractivity contribution in [3.8, 4) is 0 Å². The molecular formula is C27H49O8P. The molecule has 36 heavy (non-hydrogen) atoms. The van der Waals surface area contributed by atoms with Gasteiger partial charge in [0.2, 0.25) is 0 Å². The first-order chi connectivity index (χ1) is 17.3. The highest BCUT2D eigenvalue weighted by molar-refractivity contribution is 7.46. The maximum Gasteiger partial charge on any atom is 0.469 e. The van der Waals surface area contributed by atoms with Gasteiger partial charge in [-0.2, -0.15) is 0 Å². The lowest BCUT2D eigenvalue weighted by molar-refractivity contribution is -0.161. The lowest BCUT2D eigenvalue weighted by atomic mass is 10.1. The van der Waals surface area contributed by atoms with Gasteiger partial charge >= 0.3 is 19.8 Å². The molecule has 0 aromatic heterocycles. The zero-order valence-electron chi connectivity index (χ0n) is 22.4.